The second-order valence-corrected chi connectivity index (χ2v) is 11.5. The minimum Gasteiger partial charge on any atom is -0.395 e. The zero-order chi connectivity index (χ0) is 27.9. The van der Waals surface area contributed by atoms with E-state index in [1.54, 1.807) is 35.9 Å². The Kier molecular flexibility index (Phi) is 7.47. The number of aliphatic hydroxyl groups is 1. The number of rotatable bonds is 7. The van der Waals surface area contributed by atoms with Crippen LogP contribution in [0, 0.1) is 17.8 Å². The summed E-state index contributed by atoms with van der Waals surface area (Å²) in [6.07, 6.45) is 1.60. The lowest BCUT2D eigenvalue weighted by Gasteiger charge is -2.37. The number of carbonyl (C=O) groups excluding carboxylic acids is 2. The molecule has 3 aliphatic rings. The van der Waals surface area contributed by atoms with Crippen molar-refractivity contribution in [2.75, 3.05) is 51.2 Å². The maximum atomic E-state index is 12.7. The molecule has 6 N–H and O–H groups in total. The number of fused-ring (bicyclic) bond motifs is 1. The molecule has 2 aliphatic heterocycles. The molecule has 2 aromatic rings. The first kappa shape index (κ1) is 27.3. The van der Waals surface area contributed by atoms with Crippen LogP contribution in [0.1, 0.15) is 19.4 Å². The summed E-state index contributed by atoms with van der Waals surface area (Å²) in [5, 5.41) is 12.0. The van der Waals surface area contributed by atoms with Crippen LogP contribution < -0.4 is 22.5 Å². The number of benzene rings is 1. The average Bonchev–Trinajstić information content (AvgIpc) is 3.42. The van der Waals surface area contributed by atoms with Crippen LogP contribution in [0.5, 0.6) is 0 Å². The number of nitrogens with one attached hydrogen (secondary N) is 1. The first-order valence-electron chi connectivity index (χ1n) is 13.5. The summed E-state index contributed by atoms with van der Waals surface area (Å²) >= 11 is 0. The Morgan fingerprint density at radius 3 is 2.26 bits per heavy atom. The van der Waals surface area contributed by atoms with Gasteiger partial charge < -0.3 is 26.4 Å². The first-order valence-corrected chi connectivity index (χ1v) is 13.5. The molecule has 39 heavy (non-hydrogen) atoms. The number of hydrogen-bond acceptors (Lipinski definition) is 8. The van der Waals surface area contributed by atoms with Crippen molar-refractivity contribution in [3.63, 3.8) is 0 Å². The van der Waals surface area contributed by atoms with Crippen LogP contribution in [0.15, 0.2) is 41.3 Å². The third-order valence-electron chi connectivity index (χ3n) is 8.11. The molecule has 0 spiro atoms. The van der Waals surface area contributed by atoms with E-state index in [0.717, 1.165) is 25.2 Å². The maximum Gasteiger partial charge on any atom is 0.354 e. The fourth-order valence-corrected chi connectivity index (χ4v) is 5.94. The van der Waals surface area contributed by atoms with Gasteiger partial charge in [-0.2, -0.15) is 4.98 Å². The van der Waals surface area contributed by atoms with Crippen LogP contribution in [0.2, 0.25) is 0 Å². The number of piperidine rings is 1. The van der Waals surface area contributed by atoms with Gasteiger partial charge in [-0.05, 0) is 55.4 Å². The van der Waals surface area contributed by atoms with Gasteiger partial charge in [0.05, 0.1) is 17.8 Å². The topological polar surface area (TPSA) is 163 Å². The van der Waals surface area contributed by atoms with Crippen LogP contribution >= 0.6 is 0 Å². The van der Waals surface area contributed by atoms with Crippen molar-refractivity contribution in [1.82, 2.24) is 24.3 Å². The first-order chi connectivity index (χ1) is 18.5. The van der Waals surface area contributed by atoms with E-state index in [9.17, 15) is 19.5 Å². The largest absolute Gasteiger partial charge is 0.395 e. The number of nitrogens with zero attached hydrogens (tertiary/aromatic N) is 5. The van der Waals surface area contributed by atoms with Crippen LogP contribution in [0.25, 0.3) is 5.69 Å². The number of amides is 3. The van der Waals surface area contributed by atoms with Crippen LogP contribution in [0.3, 0.4) is 0 Å². The predicted octanol–water partition coefficient (Wildman–Crippen LogP) is -0.357. The fourth-order valence-electron chi connectivity index (χ4n) is 5.94. The van der Waals surface area contributed by atoms with Crippen LogP contribution in [0.4, 0.5) is 10.6 Å². The number of aromatic nitrogens is 2. The highest BCUT2D eigenvalue weighted by Gasteiger charge is 2.57. The number of likely N-dealkylation sites (tertiary alicyclic amines) is 1. The third kappa shape index (κ3) is 5.83. The number of aliphatic hydroxyl groups excluding tert-OH is 1. The Morgan fingerprint density at radius 1 is 1.08 bits per heavy atom. The molecule has 0 bridgehead atoms. The molecule has 2 saturated heterocycles. The van der Waals surface area contributed by atoms with Crippen LogP contribution in [-0.2, 0) is 11.3 Å². The highest BCUT2D eigenvalue weighted by atomic mass is 16.3. The molecule has 12 heteroatoms. The van der Waals surface area contributed by atoms with Crippen molar-refractivity contribution in [1.29, 1.82) is 0 Å². The Bertz CT molecular complexity index is 1250. The Labute approximate surface area is 227 Å². The molecule has 3 heterocycles. The zero-order valence-electron chi connectivity index (χ0n) is 22.5. The van der Waals surface area contributed by atoms with E-state index in [2.05, 4.69) is 15.2 Å². The van der Waals surface area contributed by atoms with Gasteiger partial charge in [-0.3, -0.25) is 19.6 Å². The quantitative estimate of drug-likeness (QED) is 0.371. The van der Waals surface area contributed by atoms with Gasteiger partial charge in [-0.25, -0.2) is 9.59 Å². The monoisotopic (exact) mass is 538 g/mol. The minimum atomic E-state index is -0.951. The summed E-state index contributed by atoms with van der Waals surface area (Å²) < 4.78 is 1.43. The third-order valence-corrected chi connectivity index (χ3v) is 8.11. The van der Waals surface area contributed by atoms with Gasteiger partial charge in [0.25, 0.3) is 0 Å². The van der Waals surface area contributed by atoms with Gasteiger partial charge in [0.2, 0.25) is 5.91 Å². The molecule has 0 radical (unpaired) electrons. The second-order valence-electron chi connectivity index (χ2n) is 11.5. The average molecular weight is 539 g/mol. The SMILES string of the molecule is CC(C)(N)C(=O)N1CCN(C(=O)Nc2ccn(-c3ccc(CN4CC5C(C(N)CO)[C@@H]5C4)cc3)c(=O)n2)CC1. The number of nitrogens with two attached hydrogens (primary N) is 2. The molecule has 1 aliphatic carbocycles. The molecule has 12 nitrogen and oxygen atoms in total. The standard InChI is InChI=1S/C27H38N8O4/c1-27(2,29)24(37)33-9-11-34(12-10-33)25(38)30-22-7-8-35(26(39)31-22)18-5-3-17(4-6-18)13-32-14-19-20(15-32)23(19)21(28)16-36/h3-8,19-21,23,36H,9-16,28-29H2,1-2H3,(H,30,31,38,39)/t19-,20?,21?,23?/m1/s1. The molecule has 1 aromatic carbocycles. The van der Waals surface area contributed by atoms with Crippen molar-refractivity contribution in [2.24, 2.45) is 29.2 Å². The Hall–Kier alpha value is -3.32. The number of hydrogen-bond donors (Lipinski definition) is 4. The van der Waals surface area contributed by atoms with Crippen molar-refractivity contribution < 1.29 is 14.7 Å². The van der Waals surface area contributed by atoms with Crippen molar-refractivity contribution in [3.8, 4) is 5.69 Å². The number of piperazine rings is 1. The summed E-state index contributed by atoms with van der Waals surface area (Å²) in [5.41, 5.74) is 12.3. The van der Waals surface area contributed by atoms with E-state index < -0.39 is 11.2 Å². The van der Waals surface area contributed by atoms with Crippen LogP contribution in [-0.4, -0.2) is 98.8 Å². The lowest BCUT2D eigenvalue weighted by atomic mass is 10.1. The van der Waals surface area contributed by atoms with E-state index in [0.29, 0.717) is 49.6 Å². The highest BCUT2D eigenvalue weighted by molar-refractivity contribution is 5.89. The molecule has 1 aromatic heterocycles. The van der Waals surface area contributed by atoms with Gasteiger partial charge in [0.15, 0.2) is 0 Å². The summed E-state index contributed by atoms with van der Waals surface area (Å²) in [7, 11) is 0. The molecule has 4 atom stereocenters. The van der Waals surface area contributed by atoms with E-state index in [1.807, 2.05) is 24.3 Å². The summed E-state index contributed by atoms with van der Waals surface area (Å²) in [6.45, 7) is 7.75. The maximum absolute atomic E-state index is 12.7. The molecule has 1 saturated carbocycles. The molecule has 3 unspecified atom stereocenters. The molecule has 3 fully saturated rings. The molecular formula is C27H38N8O4. The molecule has 5 rings (SSSR count). The molecule has 210 valence electrons. The number of anilines is 1. The molecular weight excluding hydrogens is 500 g/mol. The highest BCUT2D eigenvalue weighted by Crippen LogP contribution is 2.53. The summed E-state index contributed by atoms with van der Waals surface area (Å²) in [5.74, 6) is 1.66. The van der Waals surface area contributed by atoms with Gasteiger partial charge in [0, 0.05) is 58.1 Å². The summed E-state index contributed by atoms with van der Waals surface area (Å²) in [6, 6.07) is 8.91. The fraction of sp³-hybridized carbons (Fsp3) is 0.556. The van der Waals surface area contributed by atoms with Gasteiger partial charge >= 0.3 is 11.7 Å². The lowest BCUT2D eigenvalue weighted by molar-refractivity contribution is -0.137. The molecule has 3 amide bonds. The van der Waals surface area contributed by atoms with E-state index in [1.165, 1.54) is 4.57 Å². The second kappa shape index (κ2) is 10.7. The zero-order valence-corrected chi connectivity index (χ0v) is 22.5. The summed E-state index contributed by atoms with van der Waals surface area (Å²) in [4.78, 5) is 47.5. The minimum absolute atomic E-state index is 0.0511. The smallest absolute Gasteiger partial charge is 0.354 e. The number of urea groups is 1. The van der Waals surface area contributed by atoms with Gasteiger partial charge in [0.1, 0.15) is 5.82 Å². The predicted molar refractivity (Wildman–Crippen MR) is 146 cm³/mol. The Balaban J connectivity index is 1.13. The number of carbonyl (C=O) groups is 2. The van der Waals surface area contributed by atoms with E-state index in [4.69, 9.17) is 11.5 Å². The van der Waals surface area contributed by atoms with Gasteiger partial charge in [-0.1, -0.05) is 12.1 Å². The van der Waals surface area contributed by atoms with Crippen molar-refractivity contribution >= 4 is 17.8 Å². The van der Waals surface area contributed by atoms with Crippen molar-refractivity contribution in [3.05, 3.63) is 52.6 Å². The lowest BCUT2D eigenvalue weighted by Crippen LogP contribution is -2.58. The van der Waals surface area contributed by atoms with E-state index in [-0.39, 0.29) is 30.4 Å². The Morgan fingerprint density at radius 2 is 1.69 bits per heavy atom. The van der Waals surface area contributed by atoms with E-state index >= 15 is 0 Å². The van der Waals surface area contributed by atoms with Crippen molar-refractivity contribution in [2.45, 2.75) is 32.0 Å². The van der Waals surface area contributed by atoms with Gasteiger partial charge in [-0.15, -0.1) is 0 Å². The normalized spacial score (nSPS) is 23.9.